The van der Waals surface area contributed by atoms with Crippen molar-refractivity contribution in [1.82, 2.24) is 4.98 Å². The number of rotatable bonds is 2. The van der Waals surface area contributed by atoms with Gasteiger partial charge in [0.2, 0.25) is 0 Å². The van der Waals surface area contributed by atoms with Crippen molar-refractivity contribution in [1.29, 1.82) is 0 Å². The highest BCUT2D eigenvalue weighted by Crippen LogP contribution is 2.49. The second-order valence-corrected chi connectivity index (χ2v) is 13.0. The van der Waals surface area contributed by atoms with Crippen molar-refractivity contribution >= 4 is 13.8 Å². The van der Waals surface area contributed by atoms with E-state index in [9.17, 15) is 0 Å². The fourth-order valence-corrected chi connectivity index (χ4v) is 9.01. The molecule has 1 atom stereocenters. The molecule has 1 unspecified atom stereocenters. The molecule has 0 heterocycles. The van der Waals surface area contributed by atoms with Crippen LogP contribution in [-0.4, -0.2) is 13.8 Å². The molecule has 0 bridgehead atoms. The minimum absolute atomic E-state index is 0.166. The van der Waals surface area contributed by atoms with Crippen LogP contribution >= 0.6 is 0 Å². The fourth-order valence-electron chi connectivity index (χ4n) is 4.55. The zero-order chi connectivity index (χ0) is 17.0. The van der Waals surface area contributed by atoms with E-state index in [0.717, 1.165) is 0 Å². The summed E-state index contributed by atoms with van der Waals surface area (Å²) in [5.41, 5.74) is 11.4. The smallest absolute Gasteiger partial charge is 0.131 e. The van der Waals surface area contributed by atoms with E-state index >= 15 is 0 Å². The Morgan fingerprint density at radius 1 is 0.955 bits per heavy atom. The van der Waals surface area contributed by atoms with Crippen LogP contribution in [0.15, 0.2) is 11.6 Å². The van der Waals surface area contributed by atoms with Crippen LogP contribution in [0.1, 0.15) is 68.0 Å². The van der Waals surface area contributed by atoms with Gasteiger partial charge >= 0.3 is 0 Å². The van der Waals surface area contributed by atoms with Crippen molar-refractivity contribution < 1.29 is 0 Å². The number of hydrogen-bond acceptors (Lipinski definition) is 1. The molecule has 0 radical (unpaired) electrons. The van der Waals surface area contributed by atoms with Gasteiger partial charge in [0.1, 0.15) is 8.24 Å². The largest absolute Gasteiger partial charge is 0.332 e. The Morgan fingerprint density at radius 2 is 1.50 bits per heavy atom. The third-order valence-corrected chi connectivity index (χ3v) is 8.76. The fraction of sp³-hybridized carbons (Fsp3) is 0.600. The van der Waals surface area contributed by atoms with Crippen molar-refractivity contribution in [2.45, 2.75) is 79.6 Å². The zero-order valence-corrected chi connectivity index (χ0v) is 17.2. The molecule has 1 aromatic carbocycles. The standard InChI is InChI=1S/C20H33NSi/c1-12-11-13(2)17-15(4)16(5)19(18(17)14(12)3)22(9,10)21-20(6,7)8/h11,19,21H,1-10H3. The van der Waals surface area contributed by atoms with E-state index in [1.807, 2.05) is 0 Å². The van der Waals surface area contributed by atoms with Crippen LogP contribution in [0.4, 0.5) is 0 Å². The number of fused-ring (bicyclic) bond motifs is 1. The molecule has 0 aromatic heterocycles. The van der Waals surface area contributed by atoms with Crippen molar-refractivity contribution in [3.05, 3.63) is 39.5 Å². The normalized spacial score (nSPS) is 18.9. The molecule has 1 N–H and O–H groups in total. The maximum Gasteiger partial charge on any atom is 0.131 e. The van der Waals surface area contributed by atoms with E-state index in [2.05, 4.69) is 79.5 Å². The average Bonchev–Trinajstić information content (AvgIpc) is 2.57. The number of nitrogens with one attached hydrogen (secondary N) is 1. The van der Waals surface area contributed by atoms with Crippen LogP contribution in [0, 0.1) is 20.8 Å². The monoisotopic (exact) mass is 315 g/mol. The summed E-state index contributed by atoms with van der Waals surface area (Å²) in [6.45, 7) is 23.4. The Bertz CT molecular complexity index is 645. The molecule has 2 heteroatoms. The lowest BCUT2D eigenvalue weighted by atomic mass is 9.93. The van der Waals surface area contributed by atoms with Gasteiger partial charge in [0, 0.05) is 11.1 Å². The topological polar surface area (TPSA) is 12.0 Å². The zero-order valence-electron chi connectivity index (χ0n) is 16.2. The molecule has 22 heavy (non-hydrogen) atoms. The lowest BCUT2D eigenvalue weighted by Crippen LogP contribution is -2.58. The first-order valence-electron chi connectivity index (χ1n) is 8.44. The Balaban J connectivity index is 2.67. The van der Waals surface area contributed by atoms with Crippen molar-refractivity contribution in [2.24, 2.45) is 0 Å². The van der Waals surface area contributed by atoms with Crippen LogP contribution in [0.2, 0.25) is 13.1 Å². The Hall–Kier alpha value is -0.863. The molecule has 2 rings (SSSR count). The number of aryl methyl sites for hydroxylation is 2. The highest BCUT2D eigenvalue weighted by Gasteiger charge is 2.43. The molecule has 0 saturated carbocycles. The molecule has 1 aliphatic rings. The highest BCUT2D eigenvalue weighted by atomic mass is 28.3. The summed E-state index contributed by atoms with van der Waals surface area (Å²) in [6, 6.07) is 2.36. The third-order valence-electron chi connectivity index (χ3n) is 5.20. The third kappa shape index (κ3) is 2.83. The molecule has 0 saturated heterocycles. The van der Waals surface area contributed by atoms with E-state index in [1.165, 1.54) is 27.8 Å². The van der Waals surface area contributed by atoms with Gasteiger partial charge in [0.05, 0.1) is 0 Å². The van der Waals surface area contributed by atoms with Gasteiger partial charge in [-0.1, -0.05) is 24.7 Å². The van der Waals surface area contributed by atoms with E-state index in [1.54, 1.807) is 11.1 Å². The van der Waals surface area contributed by atoms with Crippen LogP contribution < -0.4 is 4.98 Å². The number of allylic oxidation sites excluding steroid dienone is 2. The van der Waals surface area contributed by atoms with Gasteiger partial charge in [-0.2, -0.15) is 0 Å². The minimum atomic E-state index is -1.65. The van der Waals surface area contributed by atoms with Crippen LogP contribution in [0.5, 0.6) is 0 Å². The molecule has 122 valence electrons. The minimum Gasteiger partial charge on any atom is -0.332 e. The first-order valence-corrected chi connectivity index (χ1v) is 11.5. The lowest BCUT2D eigenvalue weighted by molar-refractivity contribution is 0.508. The van der Waals surface area contributed by atoms with E-state index in [-0.39, 0.29) is 5.54 Å². The van der Waals surface area contributed by atoms with Crippen LogP contribution in [0.3, 0.4) is 0 Å². The molecular formula is C20H33NSi. The van der Waals surface area contributed by atoms with Crippen LogP contribution in [0.25, 0.3) is 5.57 Å². The van der Waals surface area contributed by atoms with E-state index in [4.69, 9.17) is 0 Å². The maximum absolute atomic E-state index is 4.00. The molecule has 1 aliphatic carbocycles. The van der Waals surface area contributed by atoms with Gasteiger partial charge in [-0.05, 0) is 88.8 Å². The first-order chi connectivity index (χ1) is 9.87. The average molecular weight is 316 g/mol. The summed E-state index contributed by atoms with van der Waals surface area (Å²) in [5, 5.41) is 0. The SMILES string of the molecule is CC1=C(C)C([Si](C)(C)NC(C)(C)C)c2c(C)c(C)cc(C)c21. The molecular weight excluding hydrogens is 282 g/mol. The molecule has 0 aliphatic heterocycles. The molecule has 1 aromatic rings. The van der Waals surface area contributed by atoms with Crippen molar-refractivity contribution in [3.8, 4) is 0 Å². The van der Waals surface area contributed by atoms with E-state index in [0.29, 0.717) is 5.54 Å². The van der Waals surface area contributed by atoms with Crippen LogP contribution in [-0.2, 0) is 0 Å². The summed E-state index contributed by atoms with van der Waals surface area (Å²) in [5.74, 6) is 0. The Morgan fingerprint density at radius 3 is 2.00 bits per heavy atom. The summed E-state index contributed by atoms with van der Waals surface area (Å²) in [6.07, 6.45) is 0. The van der Waals surface area contributed by atoms with Gasteiger partial charge in [-0.15, -0.1) is 0 Å². The predicted molar refractivity (Wildman–Crippen MR) is 102 cm³/mol. The van der Waals surface area contributed by atoms with Crippen molar-refractivity contribution in [3.63, 3.8) is 0 Å². The van der Waals surface area contributed by atoms with Gasteiger partial charge in [0.15, 0.2) is 0 Å². The second kappa shape index (κ2) is 5.35. The molecule has 0 amide bonds. The van der Waals surface area contributed by atoms with Gasteiger partial charge < -0.3 is 4.98 Å². The molecule has 0 spiro atoms. The molecule has 1 nitrogen and oxygen atoms in total. The molecule has 0 fully saturated rings. The Labute approximate surface area is 138 Å². The van der Waals surface area contributed by atoms with Gasteiger partial charge in [0.25, 0.3) is 0 Å². The highest BCUT2D eigenvalue weighted by molar-refractivity contribution is 6.77. The van der Waals surface area contributed by atoms with Gasteiger partial charge in [-0.3, -0.25) is 0 Å². The summed E-state index contributed by atoms with van der Waals surface area (Å²) in [4.78, 5) is 4.00. The van der Waals surface area contributed by atoms with Crippen molar-refractivity contribution in [2.75, 3.05) is 0 Å². The predicted octanol–water partition coefficient (Wildman–Crippen LogP) is 5.63. The lowest BCUT2D eigenvalue weighted by Gasteiger charge is -2.39. The quantitative estimate of drug-likeness (QED) is 0.697. The second-order valence-electron chi connectivity index (χ2n) is 8.76. The summed E-state index contributed by atoms with van der Waals surface area (Å²) >= 11 is 0. The Kier molecular flexibility index (Phi) is 4.25. The number of hydrogen-bond donors (Lipinski definition) is 1. The number of benzene rings is 1. The summed E-state index contributed by atoms with van der Waals surface area (Å²) < 4.78 is 0. The maximum atomic E-state index is 4.00. The van der Waals surface area contributed by atoms with E-state index < -0.39 is 8.24 Å². The first kappa shape index (κ1) is 17.5. The summed E-state index contributed by atoms with van der Waals surface area (Å²) in [7, 11) is -1.65. The van der Waals surface area contributed by atoms with Gasteiger partial charge in [-0.25, -0.2) is 0 Å².